The number of likely N-dealkylation sites (N-methyl/N-ethyl adjacent to an activating group) is 1. The lowest BCUT2D eigenvalue weighted by molar-refractivity contribution is 0.102. The zero-order valence-corrected chi connectivity index (χ0v) is 19.4. The molecule has 1 N–H and O–H groups in total. The van der Waals surface area contributed by atoms with Crippen molar-refractivity contribution in [2.75, 3.05) is 38.0 Å². The summed E-state index contributed by atoms with van der Waals surface area (Å²) >= 11 is 3.13. The van der Waals surface area contributed by atoms with Gasteiger partial charge in [0.1, 0.15) is 5.00 Å². The molecule has 1 amide bonds. The molecule has 0 spiro atoms. The first-order valence-electron chi connectivity index (χ1n) is 10.4. The lowest BCUT2D eigenvalue weighted by Crippen LogP contribution is -2.47. The molecule has 0 aliphatic carbocycles. The van der Waals surface area contributed by atoms with Gasteiger partial charge in [-0.3, -0.25) is 14.7 Å². The minimum absolute atomic E-state index is 0.0359. The minimum Gasteiger partial charge on any atom is -0.313 e. The lowest BCUT2D eigenvalue weighted by atomic mass is 9.97. The highest BCUT2D eigenvalue weighted by molar-refractivity contribution is 7.17. The number of nitrogens with one attached hydrogen (secondary N) is 1. The molecule has 158 valence electrons. The molecule has 1 aliphatic rings. The van der Waals surface area contributed by atoms with E-state index in [2.05, 4.69) is 48.0 Å². The normalized spacial score (nSPS) is 16.5. The van der Waals surface area contributed by atoms with Gasteiger partial charge in [0.05, 0.1) is 16.6 Å². The third-order valence-electron chi connectivity index (χ3n) is 5.86. The van der Waals surface area contributed by atoms with Crippen LogP contribution in [0.4, 0.5) is 5.00 Å². The number of pyridine rings is 1. The van der Waals surface area contributed by atoms with Crippen LogP contribution >= 0.6 is 22.7 Å². The molecule has 5 nitrogen and oxygen atoms in total. The van der Waals surface area contributed by atoms with E-state index in [0.717, 1.165) is 48.3 Å². The monoisotopic (exact) mass is 440 g/mol. The van der Waals surface area contributed by atoms with Crippen molar-refractivity contribution >= 4 is 33.6 Å². The Morgan fingerprint density at radius 1 is 1.17 bits per heavy atom. The molecule has 1 saturated heterocycles. The van der Waals surface area contributed by atoms with Crippen molar-refractivity contribution in [3.05, 3.63) is 68.5 Å². The predicted molar refractivity (Wildman–Crippen MR) is 126 cm³/mol. The highest BCUT2D eigenvalue weighted by Crippen LogP contribution is 2.42. The number of hydrogen-bond acceptors (Lipinski definition) is 6. The molecule has 1 unspecified atom stereocenters. The molecule has 3 aromatic heterocycles. The summed E-state index contributed by atoms with van der Waals surface area (Å²) in [6.45, 7) is 11.7. The maximum Gasteiger partial charge on any atom is 0.266 e. The fourth-order valence-corrected chi connectivity index (χ4v) is 5.74. The van der Waals surface area contributed by atoms with Gasteiger partial charge in [-0.1, -0.05) is 19.1 Å². The van der Waals surface area contributed by atoms with Gasteiger partial charge in [0.25, 0.3) is 5.91 Å². The van der Waals surface area contributed by atoms with Crippen molar-refractivity contribution in [3.63, 3.8) is 0 Å². The zero-order valence-electron chi connectivity index (χ0n) is 17.7. The van der Waals surface area contributed by atoms with Crippen molar-refractivity contribution in [1.29, 1.82) is 0 Å². The molecule has 30 heavy (non-hydrogen) atoms. The summed E-state index contributed by atoms with van der Waals surface area (Å²) in [5, 5.41) is 6.09. The van der Waals surface area contributed by atoms with Gasteiger partial charge in [0.15, 0.2) is 0 Å². The molecular formula is C23H28N4OS2. The Hall–Kier alpha value is -2.06. The number of hydrogen-bond donors (Lipinski definition) is 1. The van der Waals surface area contributed by atoms with Crippen LogP contribution in [-0.2, 0) is 0 Å². The molecule has 1 aliphatic heterocycles. The summed E-state index contributed by atoms with van der Waals surface area (Å²) in [4.78, 5) is 24.5. The van der Waals surface area contributed by atoms with Gasteiger partial charge in [0, 0.05) is 42.8 Å². The van der Waals surface area contributed by atoms with Crippen LogP contribution in [0.2, 0.25) is 0 Å². The number of nitrogens with zero attached hydrogens (tertiary/aromatic N) is 3. The Morgan fingerprint density at radius 2 is 1.97 bits per heavy atom. The highest BCUT2D eigenvalue weighted by Gasteiger charge is 2.32. The third-order valence-corrected chi connectivity index (χ3v) is 7.87. The minimum atomic E-state index is -0.0388. The number of amides is 1. The largest absolute Gasteiger partial charge is 0.313 e. The molecule has 1 atom stereocenters. The first-order chi connectivity index (χ1) is 14.6. The average molecular weight is 441 g/mol. The number of rotatable bonds is 6. The Balaban J connectivity index is 1.72. The first kappa shape index (κ1) is 21.2. The van der Waals surface area contributed by atoms with Crippen LogP contribution in [0.25, 0.3) is 0 Å². The predicted octanol–water partition coefficient (Wildman–Crippen LogP) is 4.80. The molecule has 0 radical (unpaired) electrons. The Labute approximate surface area is 186 Å². The number of thiophene rings is 2. The molecule has 0 bridgehead atoms. The van der Waals surface area contributed by atoms with Crippen LogP contribution in [0.3, 0.4) is 0 Å². The number of aromatic nitrogens is 1. The molecule has 3 aromatic rings. The number of carbonyl (C=O) groups excluding carboxylic acids is 1. The van der Waals surface area contributed by atoms with E-state index in [0.29, 0.717) is 0 Å². The number of aryl methyl sites for hydroxylation is 1. The van der Waals surface area contributed by atoms with E-state index in [-0.39, 0.29) is 11.9 Å². The van der Waals surface area contributed by atoms with E-state index in [1.807, 2.05) is 29.8 Å². The van der Waals surface area contributed by atoms with Gasteiger partial charge in [0.2, 0.25) is 0 Å². The van der Waals surface area contributed by atoms with Crippen molar-refractivity contribution in [3.8, 4) is 0 Å². The van der Waals surface area contributed by atoms with Gasteiger partial charge < -0.3 is 10.2 Å². The quantitative estimate of drug-likeness (QED) is 0.598. The molecule has 7 heteroatoms. The molecular weight excluding hydrogens is 412 g/mol. The lowest BCUT2D eigenvalue weighted by Gasteiger charge is -2.39. The summed E-state index contributed by atoms with van der Waals surface area (Å²) in [5.74, 6) is -0.0388. The van der Waals surface area contributed by atoms with Gasteiger partial charge in [-0.25, -0.2) is 0 Å². The van der Waals surface area contributed by atoms with E-state index in [1.54, 1.807) is 11.3 Å². The van der Waals surface area contributed by atoms with E-state index in [9.17, 15) is 4.79 Å². The summed E-state index contributed by atoms with van der Waals surface area (Å²) in [7, 11) is 0. The van der Waals surface area contributed by atoms with E-state index in [1.165, 1.54) is 27.3 Å². The summed E-state index contributed by atoms with van der Waals surface area (Å²) in [5.41, 5.74) is 3.47. The topological polar surface area (TPSA) is 48.5 Å². The second kappa shape index (κ2) is 9.39. The van der Waals surface area contributed by atoms with Crippen molar-refractivity contribution in [1.82, 2.24) is 14.8 Å². The molecule has 0 saturated carbocycles. The van der Waals surface area contributed by atoms with Crippen LogP contribution in [0.1, 0.15) is 44.3 Å². The van der Waals surface area contributed by atoms with E-state index >= 15 is 0 Å². The molecule has 0 aromatic carbocycles. The molecule has 4 rings (SSSR count). The van der Waals surface area contributed by atoms with Crippen molar-refractivity contribution in [2.45, 2.75) is 26.8 Å². The first-order valence-corrected chi connectivity index (χ1v) is 12.1. The Bertz CT molecular complexity index is 976. The molecule has 1 fully saturated rings. The van der Waals surface area contributed by atoms with Crippen LogP contribution in [-0.4, -0.2) is 53.4 Å². The van der Waals surface area contributed by atoms with Gasteiger partial charge in [-0.15, -0.1) is 22.7 Å². The van der Waals surface area contributed by atoms with Crippen molar-refractivity contribution in [2.24, 2.45) is 0 Å². The fraction of sp³-hybridized carbons (Fsp3) is 0.391. The van der Waals surface area contributed by atoms with Gasteiger partial charge >= 0.3 is 0 Å². The SMILES string of the molecule is CCN1CCN(C(c2ccccn2)c2c(NC(=O)c3cccs3)sc(C)c2C)CC1. The number of carbonyl (C=O) groups is 1. The maximum absolute atomic E-state index is 12.8. The van der Waals surface area contributed by atoms with Crippen LogP contribution in [0.15, 0.2) is 41.9 Å². The summed E-state index contributed by atoms with van der Waals surface area (Å²) < 4.78 is 0. The van der Waals surface area contributed by atoms with Crippen LogP contribution in [0, 0.1) is 13.8 Å². The van der Waals surface area contributed by atoms with Gasteiger partial charge in [-0.2, -0.15) is 0 Å². The van der Waals surface area contributed by atoms with E-state index < -0.39 is 0 Å². The fourth-order valence-electron chi connectivity index (χ4n) is 4.03. The van der Waals surface area contributed by atoms with E-state index in [4.69, 9.17) is 4.98 Å². The van der Waals surface area contributed by atoms with Crippen molar-refractivity contribution < 1.29 is 4.79 Å². The second-order valence-electron chi connectivity index (χ2n) is 7.58. The zero-order chi connectivity index (χ0) is 21.1. The molecule has 4 heterocycles. The average Bonchev–Trinajstić information content (AvgIpc) is 3.40. The van der Waals surface area contributed by atoms with Crippen LogP contribution < -0.4 is 5.32 Å². The summed E-state index contributed by atoms with van der Waals surface area (Å²) in [6, 6.07) is 9.93. The Kier molecular flexibility index (Phi) is 6.63. The standard InChI is InChI=1S/C23H28N4OS2/c1-4-26-11-13-27(14-12-26)21(18-8-5-6-10-24-18)20-16(2)17(3)30-23(20)25-22(28)19-9-7-15-29-19/h5-10,15,21H,4,11-14H2,1-3H3,(H,25,28). The number of piperazine rings is 1. The Morgan fingerprint density at radius 3 is 2.60 bits per heavy atom. The van der Waals surface area contributed by atoms with Gasteiger partial charge in [-0.05, 0) is 49.5 Å². The number of anilines is 1. The second-order valence-corrected chi connectivity index (χ2v) is 9.76. The summed E-state index contributed by atoms with van der Waals surface area (Å²) in [6.07, 6.45) is 1.86. The highest BCUT2D eigenvalue weighted by atomic mass is 32.1. The maximum atomic E-state index is 12.8. The van der Waals surface area contributed by atoms with Crippen LogP contribution in [0.5, 0.6) is 0 Å². The third kappa shape index (κ3) is 4.34. The smallest absolute Gasteiger partial charge is 0.266 e.